The molecule has 8 nitrogen and oxygen atoms in total. The first kappa shape index (κ1) is 14.5. The molecule has 0 aromatic carbocycles. The number of hydrogen-bond donors (Lipinski definition) is 4. The van der Waals surface area contributed by atoms with Crippen molar-refractivity contribution in [3.63, 3.8) is 0 Å². The highest BCUT2D eigenvalue weighted by Crippen LogP contribution is 1.99. The van der Waals surface area contributed by atoms with Crippen LogP contribution in [0.15, 0.2) is 36.9 Å². The number of urea groups is 1. The quantitative estimate of drug-likeness (QED) is 0.609. The first-order valence-electron chi connectivity index (χ1n) is 6.29. The number of carbonyl (C=O) groups excluding carboxylic acids is 1. The number of H-pyrrole nitrogens is 1. The van der Waals surface area contributed by atoms with Crippen molar-refractivity contribution in [2.24, 2.45) is 0 Å². The normalized spacial score (nSPS) is 11.6. The number of aliphatic carboxylic acids is 1. The van der Waals surface area contributed by atoms with Crippen molar-refractivity contribution in [3.05, 3.63) is 48.3 Å². The number of carboxylic acids is 1. The summed E-state index contributed by atoms with van der Waals surface area (Å²) in [5.74, 6) is -1.11. The number of carbonyl (C=O) groups is 2. The maximum absolute atomic E-state index is 11.7. The van der Waals surface area contributed by atoms with Gasteiger partial charge in [-0.25, -0.2) is 14.6 Å². The van der Waals surface area contributed by atoms with Gasteiger partial charge in [-0.2, -0.15) is 0 Å². The Morgan fingerprint density at radius 2 is 2.24 bits per heavy atom. The number of aromatic amines is 1. The largest absolute Gasteiger partial charge is 0.480 e. The van der Waals surface area contributed by atoms with E-state index in [1.807, 2.05) is 0 Å². The molecule has 2 aromatic rings. The second kappa shape index (κ2) is 7.04. The lowest BCUT2D eigenvalue weighted by Crippen LogP contribution is -2.47. The van der Waals surface area contributed by atoms with Gasteiger partial charge in [-0.15, -0.1) is 0 Å². The Balaban J connectivity index is 1.85. The zero-order valence-electron chi connectivity index (χ0n) is 11.1. The zero-order valence-corrected chi connectivity index (χ0v) is 11.1. The average molecular weight is 289 g/mol. The number of amides is 2. The van der Waals surface area contributed by atoms with Gasteiger partial charge in [0, 0.05) is 24.5 Å². The van der Waals surface area contributed by atoms with Crippen LogP contribution in [0.2, 0.25) is 0 Å². The summed E-state index contributed by atoms with van der Waals surface area (Å²) >= 11 is 0. The SMILES string of the molecule is O=C(NCc1ccccn1)NC(Cc1cnc[nH]1)C(=O)O. The van der Waals surface area contributed by atoms with E-state index in [-0.39, 0.29) is 13.0 Å². The molecule has 110 valence electrons. The van der Waals surface area contributed by atoms with Crippen molar-refractivity contribution in [3.8, 4) is 0 Å². The topological polar surface area (TPSA) is 120 Å². The van der Waals surface area contributed by atoms with Crippen LogP contribution >= 0.6 is 0 Å². The van der Waals surface area contributed by atoms with Gasteiger partial charge in [-0.1, -0.05) is 6.07 Å². The average Bonchev–Trinajstić information content (AvgIpc) is 2.98. The lowest BCUT2D eigenvalue weighted by molar-refractivity contribution is -0.139. The third kappa shape index (κ3) is 4.60. The summed E-state index contributed by atoms with van der Waals surface area (Å²) in [6, 6.07) is 3.75. The molecule has 0 saturated carbocycles. The predicted octanol–water partition coefficient (Wildman–Crippen LogP) is 0.300. The Morgan fingerprint density at radius 1 is 1.38 bits per heavy atom. The van der Waals surface area contributed by atoms with Crippen molar-refractivity contribution in [2.75, 3.05) is 0 Å². The van der Waals surface area contributed by atoms with E-state index in [0.29, 0.717) is 11.4 Å². The predicted molar refractivity (Wildman–Crippen MR) is 73.3 cm³/mol. The van der Waals surface area contributed by atoms with Gasteiger partial charge in [0.1, 0.15) is 6.04 Å². The monoisotopic (exact) mass is 289 g/mol. The number of nitrogens with zero attached hydrogens (tertiary/aromatic N) is 2. The number of hydrogen-bond acceptors (Lipinski definition) is 4. The number of nitrogens with one attached hydrogen (secondary N) is 3. The van der Waals surface area contributed by atoms with Crippen LogP contribution in [0.5, 0.6) is 0 Å². The van der Waals surface area contributed by atoms with Crippen LogP contribution in [-0.2, 0) is 17.8 Å². The van der Waals surface area contributed by atoms with Crippen LogP contribution in [-0.4, -0.2) is 38.1 Å². The molecule has 2 aromatic heterocycles. The fraction of sp³-hybridized carbons (Fsp3) is 0.231. The first-order chi connectivity index (χ1) is 10.1. The van der Waals surface area contributed by atoms with E-state index in [0.717, 1.165) is 0 Å². The van der Waals surface area contributed by atoms with Crippen LogP contribution in [0.4, 0.5) is 4.79 Å². The smallest absolute Gasteiger partial charge is 0.326 e. The van der Waals surface area contributed by atoms with E-state index in [1.54, 1.807) is 24.4 Å². The second-order valence-electron chi connectivity index (χ2n) is 4.32. The molecule has 2 heterocycles. The molecule has 4 N–H and O–H groups in total. The third-order valence-electron chi connectivity index (χ3n) is 2.74. The summed E-state index contributed by atoms with van der Waals surface area (Å²) in [5.41, 5.74) is 1.32. The van der Waals surface area contributed by atoms with Crippen LogP contribution in [0.25, 0.3) is 0 Å². The van der Waals surface area contributed by atoms with E-state index in [1.165, 1.54) is 12.5 Å². The number of rotatable bonds is 6. The fourth-order valence-electron chi connectivity index (χ4n) is 1.70. The molecular weight excluding hydrogens is 274 g/mol. The van der Waals surface area contributed by atoms with Gasteiger partial charge in [0.25, 0.3) is 0 Å². The van der Waals surface area contributed by atoms with Crippen LogP contribution in [0.3, 0.4) is 0 Å². The lowest BCUT2D eigenvalue weighted by atomic mass is 10.2. The highest BCUT2D eigenvalue weighted by molar-refractivity contribution is 5.82. The number of aromatic nitrogens is 3. The molecule has 0 aliphatic carbocycles. The van der Waals surface area contributed by atoms with E-state index in [9.17, 15) is 9.59 Å². The van der Waals surface area contributed by atoms with Crippen molar-refractivity contribution >= 4 is 12.0 Å². The number of carboxylic acid groups (broad SMARTS) is 1. The van der Waals surface area contributed by atoms with E-state index >= 15 is 0 Å². The Bertz CT molecular complexity index is 585. The van der Waals surface area contributed by atoms with Crippen molar-refractivity contribution in [1.29, 1.82) is 0 Å². The molecule has 8 heteroatoms. The molecule has 0 aliphatic heterocycles. The van der Waals surface area contributed by atoms with Crippen molar-refractivity contribution < 1.29 is 14.7 Å². The zero-order chi connectivity index (χ0) is 15.1. The lowest BCUT2D eigenvalue weighted by Gasteiger charge is -2.14. The first-order valence-corrected chi connectivity index (χ1v) is 6.29. The molecule has 21 heavy (non-hydrogen) atoms. The van der Waals surface area contributed by atoms with Gasteiger partial charge in [0.05, 0.1) is 18.6 Å². The van der Waals surface area contributed by atoms with Crippen LogP contribution < -0.4 is 10.6 Å². The Kier molecular flexibility index (Phi) is 4.86. The molecule has 1 atom stereocenters. The molecule has 0 aliphatic rings. The molecule has 0 radical (unpaired) electrons. The van der Waals surface area contributed by atoms with E-state index < -0.39 is 18.0 Å². The second-order valence-corrected chi connectivity index (χ2v) is 4.32. The molecule has 2 amide bonds. The van der Waals surface area contributed by atoms with Gasteiger partial charge in [0.15, 0.2) is 0 Å². The van der Waals surface area contributed by atoms with Gasteiger partial charge >= 0.3 is 12.0 Å². The summed E-state index contributed by atoms with van der Waals surface area (Å²) in [6.07, 6.45) is 4.72. The third-order valence-corrected chi connectivity index (χ3v) is 2.74. The van der Waals surface area contributed by atoms with E-state index in [2.05, 4.69) is 25.6 Å². The standard InChI is InChI=1S/C13H15N5O3/c19-12(20)11(5-10-6-14-8-17-10)18-13(21)16-7-9-3-1-2-4-15-9/h1-4,6,8,11H,5,7H2,(H,14,17)(H,19,20)(H2,16,18,21). The molecular formula is C13H15N5O3. The van der Waals surface area contributed by atoms with Gasteiger partial charge in [-0.3, -0.25) is 4.98 Å². The number of pyridine rings is 1. The Morgan fingerprint density at radius 3 is 2.86 bits per heavy atom. The van der Waals surface area contributed by atoms with Crippen LogP contribution in [0.1, 0.15) is 11.4 Å². The molecule has 1 unspecified atom stereocenters. The number of imidazole rings is 1. The minimum absolute atomic E-state index is 0.131. The highest BCUT2D eigenvalue weighted by atomic mass is 16.4. The van der Waals surface area contributed by atoms with E-state index in [4.69, 9.17) is 5.11 Å². The summed E-state index contributed by atoms with van der Waals surface area (Å²) in [7, 11) is 0. The highest BCUT2D eigenvalue weighted by Gasteiger charge is 2.20. The minimum atomic E-state index is -1.11. The maximum atomic E-state index is 11.7. The Hall–Kier alpha value is -2.90. The van der Waals surface area contributed by atoms with Crippen molar-refractivity contribution in [2.45, 2.75) is 19.0 Å². The van der Waals surface area contributed by atoms with Crippen LogP contribution in [0, 0.1) is 0 Å². The van der Waals surface area contributed by atoms with Gasteiger partial charge in [-0.05, 0) is 12.1 Å². The van der Waals surface area contributed by atoms with Gasteiger partial charge < -0.3 is 20.7 Å². The summed E-state index contributed by atoms with van der Waals surface area (Å²) < 4.78 is 0. The molecule has 0 fully saturated rings. The minimum Gasteiger partial charge on any atom is -0.480 e. The van der Waals surface area contributed by atoms with Gasteiger partial charge in [0.2, 0.25) is 0 Å². The Labute approximate surface area is 120 Å². The fourth-order valence-corrected chi connectivity index (χ4v) is 1.70. The van der Waals surface area contributed by atoms with Crippen molar-refractivity contribution in [1.82, 2.24) is 25.6 Å². The molecule has 2 rings (SSSR count). The molecule has 0 saturated heterocycles. The summed E-state index contributed by atoms with van der Waals surface area (Å²) in [4.78, 5) is 33.5. The summed E-state index contributed by atoms with van der Waals surface area (Å²) in [6.45, 7) is 0.225. The maximum Gasteiger partial charge on any atom is 0.326 e. The molecule has 0 spiro atoms. The molecule has 0 bridgehead atoms. The summed E-state index contributed by atoms with van der Waals surface area (Å²) in [5, 5.41) is 14.1.